The van der Waals surface area contributed by atoms with Crippen molar-refractivity contribution in [2.45, 2.75) is 38.4 Å². The molecule has 0 bridgehead atoms. The summed E-state index contributed by atoms with van der Waals surface area (Å²) in [5.74, 6) is 1.84. The topological polar surface area (TPSA) is 58.8 Å². The van der Waals surface area contributed by atoms with Gasteiger partial charge in [0.15, 0.2) is 5.96 Å². The first-order valence-corrected chi connectivity index (χ1v) is 9.47. The number of guanidine groups is 1. The van der Waals surface area contributed by atoms with E-state index in [1.54, 1.807) is 6.26 Å². The number of nitrogens with one attached hydrogen (secondary N) is 2. The van der Waals surface area contributed by atoms with Gasteiger partial charge in [0.2, 0.25) is 0 Å². The van der Waals surface area contributed by atoms with Crippen molar-refractivity contribution in [2.75, 3.05) is 39.1 Å². The van der Waals surface area contributed by atoms with Crippen molar-refractivity contribution in [3.63, 3.8) is 0 Å². The van der Waals surface area contributed by atoms with Crippen molar-refractivity contribution in [3.05, 3.63) is 24.2 Å². The highest BCUT2D eigenvalue weighted by Gasteiger charge is 2.15. The van der Waals surface area contributed by atoms with Crippen LogP contribution in [0.1, 0.15) is 33.0 Å². The van der Waals surface area contributed by atoms with Crippen LogP contribution < -0.4 is 10.6 Å². The molecule has 0 aliphatic carbocycles. The quantitative estimate of drug-likeness (QED) is 0.225. The standard InChI is InChI=1S/C17H31N3O2S.HI/c1-5-21-12-7-10-18-16(20-14-17(2,3)23-4)19-11-9-15-8-6-13-22-15;/h6,8,13H,5,7,9-12,14H2,1-4H3,(H2,18,19,20);1H. The average Bonchev–Trinajstić information content (AvgIpc) is 3.05. The van der Waals surface area contributed by atoms with Gasteiger partial charge in [0, 0.05) is 37.5 Å². The third kappa shape index (κ3) is 11.2. The first-order chi connectivity index (χ1) is 11.1. The van der Waals surface area contributed by atoms with E-state index in [9.17, 15) is 0 Å². The molecule has 5 nitrogen and oxygen atoms in total. The molecule has 0 unspecified atom stereocenters. The SMILES string of the molecule is CCOCCCNC(=NCC(C)(C)SC)NCCc1ccco1.I. The molecule has 7 heteroatoms. The summed E-state index contributed by atoms with van der Waals surface area (Å²) in [4.78, 5) is 4.71. The fourth-order valence-corrected chi connectivity index (χ4v) is 1.99. The zero-order valence-electron chi connectivity index (χ0n) is 15.3. The number of furan rings is 1. The maximum Gasteiger partial charge on any atom is 0.191 e. The van der Waals surface area contributed by atoms with Gasteiger partial charge in [-0.3, -0.25) is 4.99 Å². The summed E-state index contributed by atoms with van der Waals surface area (Å²) in [7, 11) is 0. The van der Waals surface area contributed by atoms with E-state index in [4.69, 9.17) is 14.1 Å². The van der Waals surface area contributed by atoms with E-state index in [0.29, 0.717) is 0 Å². The summed E-state index contributed by atoms with van der Waals surface area (Å²) in [6, 6.07) is 3.90. The molecule has 140 valence electrons. The molecule has 0 atom stereocenters. The summed E-state index contributed by atoms with van der Waals surface area (Å²) in [5.41, 5.74) is 0. The Morgan fingerprint density at radius 2 is 2.08 bits per heavy atom. The highest BCUT2D eigenvalue weighted by Crippen LogP contribution is 2.20. The molecule has 0 saturated carbocycles. The first kappa shape index (κ1) is 23.6. The van der Waals surface area contributed by atoms with Crippen molar-refractivity contribution in [3.8, 4) is 0 Å². The van der Waals surface area contributed by atoms with Gasteiger partial charge in [-0.05, 0) is 45.6 Å². The Morgan fingerprint density at radius 3 is 2.71 bits per heavy atom. The van der Waals surface area contributed by atoms with Crippen LogP contribution in [0.3, 0.4) is 0 Å². The summed E-state index contributed by atoms with van der Waals surface area (Å²) >= 11 is 1.83. The van der Waals surface area contributed by atoms with Gasteiger partial charge in [0.05, 0.1) is 12.8 Å². The van der Waals surface area contributed by atoms with Gasteiger partial charge < -0.3 is 19.8 Å². The van der Waals surface area contributed by atoms with E-state index in [2.05, 4.69) is 30.7 Å². The lowest BCUT2D eigenvalue weighted by atomic mass is 10.2. The molecule has 24 heavy (non-hydrogen) atoms. The molecule has 1 aromatic rings. The highest BCUT2D eigenvalue weighted by molar-refractivity contribution is 14.0. The molecule has 1 heterocycles. The first-order valence-electron chi connectivity index (χ1n) is 8.25. The third-order valence-electron chi connectivity index (χ3n) is 3.38. The zero-order chi connectivity index (χ0) is 17.0. The summed E-state index contributed by atoms with van der Waals surface area (Å²) in [5, 5.41) is 6.75. The van der Waals surface area contributed by atoms with Crippen LogP contribution in [0.15, 0.2) is 27.8 Å². The van der Waals surface area contributed by atoms with E-state index in [0.717, 1.165) is 57.4 Å². The van der Waals surface area contributed by atoms with E-state index in [-0.39, 0.29) is 28.7 Å². The van der Waals surface area contributed by atoms with Gasteiger partial charge in [-0.2, -0.15) is 11.8 Å². The van der Waals surface area contributed by atoms with E-state index >= 15 is 0 Å². The van der Waals surface area contributed by atoms with Crippen molar-refractivity contribution in [1.82, 2.24) is 10.6 Å². The van der Waals surface area contributed by atoms with Crippen LogP contribution in [0.25, 0.3) is 0 Å². The number of rotatable bonds is 11. The van der Waals surface area contributed by atoms with E-state index in [1.165, 1.54) is 0 Å². The molecule has 0 aromatic carbocycles. The van der Waals surface area contributed by atoms with Crippen LogP contribution in [0, 0.1) is 0 Å². The molecule has 0 fully saturated rings. The second kappa shape index (κ2) is 13.8. The van der Waals surface area contributed by atoms with Gasteiger partial charge >= 0.3 is 0 Å². The monoisotopic (exact) mass is 469 g/mol. The van der Waals surface area contributed by atoms with Crippen LogP contribution in [-0.4, -0.2) is 49.8 Å². The van der Waals surface area contributed by atoms with Gasteiger partial charge in [0.1, 0.15) is 5.76 Å². The van der Waals surface area contributed by atoms with E-state index < -0.39 is 0 Å². The normalized spacial score (nSPS) is 11.9. The molecule has 2 N–H and O–H groups in total. The lowest BCUT2D eigenvalue weighted by molar-refractivity contribution is 0.145. The van der Waals surface area contributed by atoms with Gasteiger partial charge in [0.25, 0.3) is 0 Å². The number of hydrogen-bond acceptors (Lipinski definition) is 4. The highest BCUT2D eigenvalue weighted by atomic mass is 127. The number of nitrogens with zero attached hydrogens (tertiary/aromatic N) is 1. The smallest absolute Gasteiger partial charge is 0.191 e. The minimum Gasteiger partial charge on any atom is -0.469 e. The molecular weight excluding hydrogens is 437 g/mol. The zero-order valence-corrected chi connectivity index (χ0v) is 18.4. The number of ether oxygens (including phenoxy) is 1. The van der Waals surface area contributed by atoms with Gasteiger partial charge in [-0.15, -0.1) is 24.0 Å². The largest absolute Gasteiger partial charge is 0.469 e. The predicted molar refractivity (Wildman–Crippen MR) is 115 cm³/mol. The van der Waals surface area contributed by atoms with Crippen molar-refractivity contribution < 1.29 is 9.15 Å². The fourth-order valence-electron chi connectivity index (χ4n) is 1.79. The molecule has 0 spiro atoms. The average molecular weight is 469 g/mol. The molecule has 0 aliphatic heterocycles. The van der Waals surface area contributed by atoms with Crippen molar-refractivity contribution in [1.29, 1.82) is 0 Å². The molecule has 0 amide bonds. The Labute approximate surface area is 167 Å². The van der Waals surface area contributed by atoms with Gasteiger partial charge in [-0.1, -0.05) is 0 Å². The van der Waals surface area contributed by atoms with Crippen molar-refractivity contribution >= 4 is 41.7 Å². The van der Waals surface area contributed by atoms with Crippen LogP contribution >= 0.6 is 35.7 Å². The molecule has 0 radical (unpaired) electrons. The van der Waals surface area contributed by atoms with Crippen LogP contribution in [0.5, 0.6) is 0 Å². The molecule has 0 saturated heterocycles. The predicted octanol–water partition coefficient (Wildman–Crippen LogP) is 3.54. The summed E-state index contributed by atoms with van der Waals surface area (Å²) in [6.45, 7) is 10.4. The Morgan fingerprint density at radius 1 is 1.33 bits per heavy atom. The second-order valence-electron chi connectivity index (χ2n) is 5.86. The minimum atomic E-state index is 0. The van der Waals surface area contributed by atoms with Crippen LogP contribution in [0.2, 0.25) is 0 Å². The fraction of sp³-hybridized carbons (Fsp3) is 0.706. The Hall–Kier alpha value is -0.410. The summed E-state index contributed by atoms with van der Waals surface area (Å²) in [6.07, 6.45) is 5.64. The van der Waals surface area contributed by atoms with Gasteiger partial charge in [-0.25, -0.2) is 0 Å². The Balaban J connectivity index is 0.00000529. The Bertz CT molecular complexity index is 439. The molecular formula is C17H32IN3O2S. The number of halogens is 1. The maximum absolute atomic E-state index is 5.36. The lowest BCUT2D eigenvalue weighted by Crippen LogP contribution is -2.40. The number of hydrogen-bond donors (Lipinski definition) is 2. The number of thioether (sulfide) groups is 1. The summed E-state index contributed by atoms with van der Waals surface area (Å²) < 4.78 is 10.9. The second-order valence-corrected chi connectivity index (χ2v) is 7.38. The molecule has 1 rings (SSSR count). The van der Waals surface area contributed by atoms with Crippen LogP contribution in [0.4, 0.5) is 0 Å². The maximum atomic E-state index is 5.36. The molecule has 1 aromatic heterocycles. The minimum absolute atomic E-state index is 0. The lowest BCUT2D eigenvalue weighted by Gasteiger charge is -2.20. The third-order valence-corrected chi connectivity index (χ3v) is 4.61. The Kier molecular flexibility index (Phi) is 13.6. The van der Waals surface area contributed by atoms with Crippen LogP contribution in [-0.2, 0) is 11.2 Å². The van der Waals surface area contributed by atoms with E-state index in [1.807, 2.05) is 30.8 Å². The molecule has 0 aliphatic rings. The van der Waals surface area contributed by atoms with Crippen molar-refractivity contribution in [2.24, 2.45) is 4.99 Å². The number of aliphatic imine (C=N–C) groups is 1.